The molecule has 0 N–H and O–H groups in total. The fourth-order valence-corrected chi connectivity index (χ4v) is 4.02. The molecular weight excluding hydrogens is 372 g/mol. The lowest BCUT2D eigenvalue weighted by Crippen LogP contribution is -2.09. The van der Waals surface area contributed by atoms with Gasteiger partial charge in [-0.15, -0.1) is 0 Å². The van der Waals surface area contributed by atoms with Crippen LogP contribution in [0.25, 0.3) is 0 Å². The number of hydrogen-bond donors (Lipinski definition) is 0. The summed E-state index contributed by atoms with van der Waals surface area (Å²) in [5.74, 6) is 1.74. The fourth-order valence-electron chi connectivity index (χ4n) is 4.02. The Hall–Kier alpha value is -3.07. The second kappa shape index (κ2) is 9.62. The smallest absolute Gasteiger partial charge is 0.343 e. The minimum atomic E-state index is -0.341. The molecule has 0 bridgehead atoms. The molecule has 1 saturated carbocycles. The topological polar surface area (TPSA) is 35.5 Å². The van der Waals surface area contributed by atoms with Crippen LogP contribution in [0.5, 0.6) is 11.5 Å². The van der Waals surface area contributed by atoms with Crippen molar-refractivity contribution in [3.8, 4) is 11.5 Å². The van der Waals surface area contributed by atoms with Crippen molar-refractivity contribution in [2.75, 3.05) is 0 Å². The van der Waals surface area contributed by atoms with E-state index in [9.17, 15) is 4.79 Å². The summed E-state index contributed by atoms with van der Waals surface area (Å²) in [7, 11) is 0. The Bertz CT molecular complexity index is 968. The summed E-state index contributed by atoms with van der Waals surface area (Å²) in [5.41, 5.74) is 4.06. The van der Waals surface area contributed by atoms with Gasteiger partial charge in [0, 0.05) is 0 Å². The first kappa shape index (κ1) is 20.2. The van der Waals surface area contributed by atoms with Crippen LogP contribution in [0.3, 0.4) is 0 Å². The molecule has 0 unspecified atom stereocenters. The lowest BCUT2D eigenvalue weighted by molar-refractivity contribution is 0.0734. The zero-order valence-corrected chi connectivity index (χ0v) is 17.5. The molecule has 1 aliphatic carbocycles. The maximum Gasteiger partial charge on any atom is 0.343 e. The molecule has 0 saturated heterocycles. The molecule has 154 valence electrons. The third-order valence-electron chi connectivity index (χ3n) is 5.75. The van der Waals surface area contributed by atoms with Crippen LogP contribution in [-0.2, 0) is 6.61 Å². The highest BCUT2D eigenvalue weighted by Gasteiger charge is 2.16. The van der Waals surface area contributed by atoms with Gasteiger partial charge < -0.3 is 9.47 Å². The lowest BCUT2D eigenvalue weighted by atomic mass is 9.84. The molecule has 0 aliphatic heterocycles. The van der Waals surface area contributed by atoms with Crippen molar-refractivity contribution in [2.24, 2.45) is 0 Å². The molecule has 0 aromatic heterocycles. The highest BCUT2D eigenvalue weighted by atomic mass is 16.5. The largest absolute Gasteiger partial charge is 0.489 e. The van der Waals surface area contributed by atoms with Crippen LogP contribution < -0.4 is 9.47 Å². The van der Waals surface area contributed by atoms with Crippen LogP contribution >= 0.6 is 0 Å². The van der Waals surface area contributed by atoms with E-state index in [4.69, 9.17) is 9.47 Å². The first-order valence-corrected chi connectivity index (χ1v) is 10.8. The van der Waals surface area contributed by atoms with Crippen molar-refractivity contribution in [2.45, 2.75) is 51.6 Å². The number of rotatable bonds is 6. The number of carbonyl (C=O) groups is 1. The molecule has 30 heavy (non-hydrogen) atoms. The Labute approximate surface area is 178 Å². The van der Waals surface area contributed by atoms with Crippen molar-refractivity contribution < 1.29 is 14.3 Å². The monoisotopic (exact) mass is 400 g/mol. The third-order valence-corrected chi connectivity index (χ3v) is 5.75. The molecule has 3 heteroatoms. The lowest BCUT2D eigenvalue weighted by Gasteiger charge is -2.22. The molecule has 0 amide bonds. The van der Waals surface area contributed by atoms with E-state index in [1.165, 1.54) is 37.7 Å². The van der Waals surface area contributed by atoms with Crippen LogP contribution in [0.15, 0.2) is 72.8 Å². The van der Waals surface area contributed by atoms with Crippen molar-refractivity contribution in [3.05, 3.63) is 95.1 Å². The van der Waals surface area contributed by atoms with Crippen molar-refractivity contribution in [3.63, 3.8) is 0 Å². The highest BCUT2D eigenvalue weighted by molar-refractivity contribution is 5.91. The van der Waals surface area contributed by atoms with Crippen LogP contribution in [0.1, 0.15) is 65.1 Å². The molecule has 0 atom stereocenters. The average molecular weight is 401 g/mol. The Balaban J connectivity index is 1.32. The Morgan fingerprint density at radius 3 is 2.30 bits per heavy atom. The summed E-state index contributed by atoms with van der Waals surface area (Å²) < 4.78 is 11.4. The average Bonchev–Trinajstić information content (AvgIpc) is 2.79. The predicted octanol–water partition coefficient (Wildman–Crippen LogP) is 6.84. The van der Waals surface area contributed by atoms with Gasteiger partial charge in [0.2, 0.25) is 0 Å². The molecule has 4 rings (SSSR count). The number of esters is 1. The standard InChI is InChI=1S/C27H28O3/c1-20-6-5-9-26(18-20)29-19-21-10-12-24(13-11-21)27(28)30-25-16-14-23(15-17-25)22-7-3-2-4-8-22/h5-6,9-18,22H,2-4,7-8,19H2,1H3. The molecule has 1 aliphatic rings. The maximum absolute atomic E-state index is 12.5. The summed E-state index contributed by atoms with van der Waals surface area (Å²) in [4.78, 5) is 12.5. The van der Waals surface area contributed by atoms with Gasteiger partial charge in [0.25, 0.3) is 0 Å². The Morgan fingerprint density at radius 2 is 1.60 bits per heavy atom. The summed E-state index contributed by atoms with van der Waals surface area (Å²) in [5, 5.41) is 0. The number of benzene rings is 3. The number of aryl methyl sites for hydroxylation is 1. The van der Waals surface area contributed by atoms with Gasteiger partial charge in [0.05, 0.1) is 5.56 Å². The van der Waals surface area contributed by atoms with E-state index in [0.717, 1.165) is 16.9 Å². The van der Waals surface area contributed by atoms with E-state index in [1.54, 1.807) is 12.1 Å². The number of carbonyl (C=O) groups excluding carboxylic acids is 1. The molecule has 1 fully saturated rings. The van der Waals surface area contributed by atoms with E-state index in [2.05, 4.69) is 12.1 Å². The van der Waals surface area contributed by atoms with E-state index in [-0.39, 0.29) is 5.97 Å². The van der Waals surface area contributed by atoms with Crippen molar-refractivity contribution >= 4 is 5.97 Å². The van der Waals surface area contributed by atoms with Gasteiger partial charge in [-0.2, -0.15) is 0 Å². The molecule has 3 aromatic carbocycles. The Kier molecular flexibility index (Phi) is 6.48. The Morgan fingerprint density at radius 1 is 0.867 bits per heavy atom. The van der Waals surface area contributed by atoms with E-state index in [1.807, 2.05) is 55.5 Å². The predicted molar refractivity (Wildman–Crippen MR) is 119 cm³/mol. The van der Waals surface area contributed by atoms with Crippen LogP contribution in [0.2, 0.25) is 0 Å². The van der Waals surface area contributed by atoms with Gasteiger partial charge in [0.15, 0.2) is 0 Å². The van der Waals surface area contributed by atoms with Gasteiger partial charge in [-0.1, -0.05) is 55.7 Å². The zero-order valence-electron chi connectivity index (χ0n) is 17.5. The van der Waals surface area contributed by atoms with Gasteiger partial charge >= 0.3 is 5.97 Å². The molecule has 3 aromatic rings. The number of hydrogen-bond acceptors (Lipinski definition) is 3. The maximum atomic E-state index is 12.5. The fraction of sp³-hybridized carbons (Fsp3) is 0.296. The summed E-state index contributed by atoms with van der Waals surface area (Å²) in [6.45, 7) is 2.50. The third kappa shape index (κ3) is 5.29. The van der Waals surface area contributed by atoms with Gasteiger partial charge in [0.1, 0.15) is 18.1 Å². The molecular formula is C27H28O3. The molecule has 0 radical (unpaired) electrons. The van der Waals surface area contributed by atoms with E-state index < -0.39 is 0 Å². The molecule has 0 heterocycles. The normalized spacial score (nSPS) is 14.3. The second-order valence-electron chi connectivity index (χ2n) is 8.10. The summed E-state index contributed by atoms with van der Waals surface area (Å²) in [6.07, 6.45) is 6.50. The quantitative estimate of drug-likeness (QED) is 0.336. The number of ether oxygens (including phenoxy) is 2. The van der Waals surface area contributed by atoms with Crippen LogP contribution in [0, 0.1) is 6.92 Å². The molecule has 0 spiro atoms. The highest BCUT2D eigenvalue weighted by Crippen LogP contribution is 2.33. The second-order valence-corrected chi connectivity index (χ2v) is 8.10. The SMILES string of the molecule is Cc1cccc(OCc2ccc(C(=O)Oc3ccc(C4CCCCC4)cc3)cc2)c1. The minimum absolute atomic E-state index is 0.341. The van der Waals surface area contributed by atoms with Crippen molar-refractivity contribution in [1.29, 1.82) is 0 Å². The summed E-state index contributed by atoms with van der Waals surface area (Å²) in [6, 6.07) is 23.4. The van der Waals surface area contributed by atoms with Crippen LogP contribution in [-0.4, -0.2) is 5.97 Å². The van der Waals surface area contributed by atoms with E-state index >= 15 is 0 Å². The van der Waals surface area contributed by atoms with Crippen molar-refractivity contribution in [1.82, 2.24) is 0 Å². The van der Waals surface area contributed by atoms with Gasteiger partial charge in [-0.25, -0.2) is 4.79 Å². The summed E-state index contributed by atoms with van der Waals surface area (Å²) >= 11 is 0. The zero-order chi connectivity index (χ0) is 20.8. The minimum Gasteiger partial charge on any atom is -0.489 e. The first-order chi connectivity index (χ1) is 14.7. The van der Waals surface area contributed by atoms with E-state index in [0.29, 0.717) is 23.8 Å². The molecule has 3 nitrogen and oxygen atoms in total. The van der Waals surface area contributed by atoms with Gasteiger partial charge in [-0.05, 0) is 78.8 Å². The van der Waals surface area contributed by atoms with Crippen LogP contribution in [0.4, 0.5) is 0 Å². The first-order valence-electron chi connectivity index (χ1n) is 10.8. The van der Waals surface area contributed by atoms with Gasteiger partial charge in [-0.3, -0.25) is 0 Å².